The van der Waals surface area contributed by atoms with E-state index in [1.807, 2.05) is 0 Å². The van der Waals surface area contributed by atoms with E-state index in [0.717, 1.165) is 30.3 Å². The summed E-state index contributed by atoms with van der Waals surface area (Å²) in [5, 5.41) is 19.1. The minimum atomic E-state index is -4.58. The second-order valence-electron chi connectivity index (χ2n) is 9.83. The SMILES string of the molecule is [B]C1([B])[C@@H]2CC([B])(S(=O)(=O)c3cc(C(=O)Nc4ccc(F)c(F)c4)ccc3Cl)C[C@@H](C2(O)CO)C1([B])[B]. The van der Waals surface area contributed by atoms with Crippen LogP contribution < -0.4 is 5.32 Å². The summed E-state index contributed by atoms with van der Waals surface area (Å²) < 4.78 is 52.2. The number of carbonyl (C=O) groups is 1. The summed E-state index contributed by atoms with van der Waals surface area (Å²) >= 11 is 6.20. The molecule has 2 fully saturated rings. The van der Waals surface area contributed by atoms with Gasteiger partial charge in [-0.2, -0.15) is 0 Å². The smallest absolute Gasteiger partial charge is 0.255 e. The summed E-state index contributed by atoms with van der Waals surface area (Å²) in [6.07, 6.45) is -1.07. The summed E-state index contributed by atoms with van der Waals surface area (Å²) in [6, 6.07) is 6.06. The summed E-state index contributed by atoms with van der Waals surface area (Å²) in [5.74, 6) is -5.79. The van der Waals surface area contributed by atoms with Crippen molar-refractivity contribution in [2.24, 2.45) is 11.8 Å². The van der Waals surface area contributed by atoms with Gasteiger partial charge >= 0.3 is 0 Å². The first-order valence-corrected chi connectivity index (χ1v) is 12.9. The molecule has 2 aliphatic carbocycles. The second-order valence-corrected chi connectivity index (χ2v) is 12.5. The van der Waals surface area contributed by atoms with E-state index in [1.165, 1.54) is 6.07 Å². The molecule has 2 saturated carbocycles. The van der Waals surface area contributed by atoms with Gasteiger partial charge in [-0.05, 0) is 55.0 Å². The summed E-state index contributed by atoms with van der Waals surface area (Å²) in [4.78, 5) is 12.2. The molecule has 0 aromatic heterocycles. The van der Waals surface area contributed by atoms with Crippen molar-refractivity contribution >= 4 is 72.3 Å². The lowest BCUT2D eigenvalue weighted by Crippen LogP contribution is -2.58. The number of rotatable bonds is 5. The fourth-order valence-electron chi connectivity index (χ4n) is 5.43. The Morgan fingerprint density at radius 3 is 2.08 bits per heavy atom. The number of nitrogens with one attached hydrogen (secondary N) is 1. The molecule has 2 aromatic carbocycles. The van der Waals surface area contributed by atoms with Gasteiger partial charge in [-0.1, -0.05) is 11.6 Å². The van der Waals surface area contributed by atoms with Crippen LogP contribution in [0.2, 0.25) is 15.5 Å². The minimum absolute atomic E-state index is 0.0739. The molecule has 0 spiro atoms. The average molecular weight is 535 g/mol. The molecule has 10 radical (unpaired) electrons. The molecule has 2 unspecified atom stereocenters. The van der Waals surface area contributed by atoms with Gasteiger partial charge in [0, 0.05) is 22.0 Å². The fraction of sp³-hybridized carbons (Fsp3) is 0.409. The lowest BCUT2D eigenvalue weighted by atomic mass is 9.28. The van der Waals surface area contributed by atoms with Crippen LogP contribution in [0.15, 0.2) is 41.3 Å². The molecule has 0 saturated heterocycles. The van der Waals surface area contributed by atoms with Crippen molar-refractivity contribution < 1.29 is 32.2 Å². The quantitative estimate of drug-likeness (QED) is 0.500. The number of fused-ring (bicyclic) bond motifs is 2. The first-order valence-electron chi connectivity index (χ1n) is 11.0. The zero-order chi connectivity index (χ0) is 27.8. The molecule has 4 atom stereocenters. The Labute approximate surface area is 224 Å². The van der Waals surface area contributed by atoms with Crippen LogP contribution in [-0.4, -0.2) is 80.6 Å². The van der Waals surface area contributed by atoms with Gasteiger partial charge in [0.2, 0.25) is 0 Å². The van der Waals surface area contributed by atoms with Crippen LogP contribution in [0.5, 0.6) is 0 Å². The highest BCUT2D eigenvalue weighted by Crippen LogP contribution is 2.72. The van der Waals surface area contributed by atoms with Crippen molar-refractivity contribution in [3.63, 3.8) is 0 Å². The van der Waals surface area contributed by atoms with Crippen LogP contribution in [-0.2, 0) is 9.84 Å². The van der Waals surface area contributed by atoms with E-state index >= 15 is 0 Å². The number of carbonyl (C=O) groups excluding carboxylic acids is 1. The highest BCUT2D eigenvalue weighted by molar-refractivity contribution is 7.94. The molecule has 0 aliphatic heterocycles. The number of hydrogen-bond donors (Lipinski definition) is 3. The Morgan fingerprint density at radius 1 is 1.00 bits per heavy atom. The van der Waals surface area contributed by atoms with Crippen molar-refractivity contribution in [2.45, 2.75) is 38.4 Å². The maximum atomic E-state index is 13.8. The summed E-state index contributed by atoms with van der Waals surface area (Å²) in [5.41, 5.74) is -2.25. The molecule has 2 aliphatic rings. The van der Waals surface area contributed by atoms with E-state index in [4.69, 9.17) is 50.8 Å². The molecule has 0 heterocycles. The first kappa shape index (κ1) is 28.3. The van der Waals surface area contributed by atoms with Crippen LogP contribution >= 0.6 is 11.6 Å². The van der Waals surface area contributed by atoms with Gasteiger partial charge in [-0.25, -0.2) is 17.2 Å². The van der Waals surface area contributed by atoms with E-state index in [2.05, 4.69) is 5.32 Å². The van der Waals surface area contributed by atoms with E-state index in [0.29, 0.717) is 0 Å². The summed E-state index contributed by atoms with van der Waals surface area (Å²) in [7, 11) is 26.5. The Kier molecular flexibility index (Phi) is 6.80. The number of halogens is 3. The van der Waals surface area contributed by atoms with Gasteiger partial charge in [0.1, 0.15) is 0 Å². The van der Waals surface area contributed by atoms with Crippen LogP contribution in [0, 0.1) is 23.5 Å². The summed E-state index contributed by atoms with van der Waals surface area (Å²) in [6.45, 7) is -0.842. The van der Waals surface area contributed by atoms with E-state index in [1.54, 1.807) is 0 Å². The topological polar surface area (TPSA) is 104 Å². The predicted molar refractivity (Wildman–Crippen MR) is 138 cm³/mol. The molecule has 3 N–H and O–H groups in total. The van der Waals surface area contributed by atoms with Gasteiger partial charge in [0.05, 0.1) is 61.4 Å². The minimum Gasteiger partial charge on any atom is -0.393 e. The second kappa shape index (κ2) is 8.90. The molecule has 2 aromatic rings. The monoisotopic (exact) mass is 535 g/mol. The highest BCUT2D eigenvalue weighted by Gasteiger charge is 2.70. The number of aliphatic hydroxyl groups is 2. The van der Waals surface area contributed by atoms with Crippen LogP contribution in [0.4, 0.5) is 14.5 Å². The van der Waals surface area contributed by atoms with Gasteiger partial charge in [0.25, 0.3) is 5.91 Å². The number of anilines is 1. The average Bonchev–Trinajstić information content (AvgIpc) is 2.87. The van der Waals surface area contributed by atoms with Gasteiger partial charge < -0.3 is 15.5 Å². The molecule has 15 heteroatoms. The lowest BCUT2D eigenvalue weighted by Gasteiger charge is -2.49. The number of benzene rings is 2. The van der Waals surface area contributed by atoms with E-state index in [9.17, 15) is 32.2 Å². The maximum absolute atomic E-state index is 13.8. The third kappa shape index (κ3) is 4.10. The molecule has 1 amide bonds. The number of hydrogen-bond acceptors (Lipinski definition) is 5. The standard InChI is InChI=1S/C22H17B5ClF2NO5S/c23-19(7-16-20(34,9-32)17(8-19)22(26,27)21(16,24)25)37(35,36)15-5-10(1-3-12(15)28)18(33)31-11-2-4-13(29)14(30)6-11/h1-6,16-17,32,34H,7-9H2,(H,31,33)/t16-,17+,19?,20?. The zero-order valence-corrected chi connectivity index (χ0v) is 20.9. The maximum Gasteiger partial charge on any atom is 0.255 e. The van der Waals surface area contributed by atoms with Crippen molar-refractivity contribution in [1.82, 2.24) is 0 Å². The van der Waals surface area contributed by atoms with Crippen molar-refractivity contribution in [3.8, 4) is 0 Å². The van der Waals surface area contributed by atoms with Crippen molar-refractivity contribution in [2.75, 3.05) is 11.9 Å². The first-order chi connectivity index (χ1) is 16.9. The van der Waals surface area contributed by atoms with Crippen LogP contribution in [0.25, 0.3) is 0 Å². The molecule has 182 valence electrons. The number of sulfone groups is 1. The Hall–Kier alpha value is -1.75. The number of amides is 1. The fourth-order valence-corrected chi connectivity index (χ4v) is 7.66. The third-order valence-electron chi connectivity index (χ3n) is 7.66. The molecule has 37 heavy (non-hydrogen) atoms. The van der Waals surface area contributed by atoms with Gasteiger partial charge in [0.15, 0.2) is 21.5 Å². The molecular weight excluding hydrogens is 518 g/mol. The van der Waals surface area contributed by atoms with Gasteiger partial charge in [-0.3, -0.25) is 4.79 Å². The van der Waals surface area contributed by atoms with Crippen LogP contribution in [0.3, 0.4) is 0 Å². The predicted octanol–water partition coefficient (Wildman–Crippen LogP) is 1.18. The van der Waals surface area contributed by atoms with Crippen molar-refractivity contribution in [1.29, 1.82) is 0 Å². The Bertz CT molecular complexity index is 1370. The van der Waals surface area contributed by atoms with Gasteiger partial charge in [-0.15, -0.1) is 10.4 Å². The molecule has 4 rings (SSSR count). The van der Waals surface area contributed by atoms with E-state index < -0.39 is 84.2 Å². The Balaban J connectivity index is 1.72. The molecule has 2 bridgehead atoms. The molecular formula is C22H17B5ClF2NO5S. The zero-order valence-electron chi connectivity index (χ0n) is 19.3. The van der Waals surface area contributed by atoms with Crippen molar-refractivity contribution in [3.05, 3.63) is 58.6 Å². The number of aliphatic hydroxyl groups excluding tert-OH is 1. The largest absolute Gasteiger partial charge is 0.393 e. The van der Waals surface area contributed by atoms with E-state index in [-0.39, 0.29) is 16.3 Å². The third-order valence-corrected chi connectivity index (χ3v) is 10.4. The van der Waals surface area contributed by atoms with Crippen LogP contribution in [0.1, 0.15) is 23.2 Å². The highest BCUT2D eigenvalue weighted by atomic mass is 35.5. The molecule has 6 nitrogen and oxygen atoms in total. The Morgan fingerprint density at radius 2 is 1.57 bits per heavy atom. The normalized spacial score (nSPS) is 30.1. The lowest BCUT2D eigenvalue weighted by molar-refractivity contribution is -0.0992.